The van der Waals surface area contributed by atoms with Crippen LogP contribution < -0.4 is 10.1 Å². The van der Waals surface area contributed by atoms with Crippen molar-refractivity contribution in [2.75, 3.05) is 14.2 Å². The average molecular weight is 228 g/mol. The number of hydrogen-bond acceptors (Lipinski definition) is 2. The number of benzene rings is 1. The number of rotatable bonds is 4. The van der Waals surface area contributed by atoms with Gasteiger partial charge in [0.1, 0.15) is 5.75 Å². The molecule has 0 radical (unpaired) electrons. The van der Waals surface area contributed by atoms with Crippen molar-refractivity contribution in [3.63, 3.8) is 0 Å². The van der Waals surface area contributed by atoms with Gasteiger partial charge in [-0.05, 0) is 36.2 Å². The summed E-state index contributed by atoms with van der Waals surface area (Å²) in [6.45, 7) is 5.17. The molecule has 0 fully saturated rings. The molecule has 0 heterocycles. The second kappa shape index (κ2) is 5.38. The Balaban J connectivity index is 3.19. The van der Waals surface area contributed by atoms with Crippen molar-refractivity contribution in [3.8, 4) is 5.75 Å². The van der Waals surface area contributed by atoms with E-state index in [2.05, 4.69) is 19.2 Å². The largest absolute Gasteiger partial charge is 0.495 e. The van der Waals surface area contributed by atoms with Gasteiger partial charge >= 0.3 is 0 Å². The van der Waals surface area contributed by atoms with Crippen LogP contribution in [0, 0.1) is 0 Å². The van der Waals surface area contributed by atoms with Crippen molar-refractivity contribution in [1.29, 1.82) is 0 Å². The second-order valence-corrected chi connectivity index (χ2v) is 4.28. The number of halogens is 1. The molecule has 0 aliphatic carbocycles. The van der Waals surface area contributed by atoms with Crippen LogP contribution in [0.25, 0.3) is 0 Å². The van der Waals surface area contributed by atoms with Gasteiger partial charge in [-0.25, -0.2) is 0 Å². The summed E-state index contributed by atoms with van der Waals surface area (Å²) in [6, 6.07) is 4.01. The van der Waals surface area contributed by atoms with Crippen LogP contribution in [-0.2, 0) is 6.54 Å². The minimum absolute atomic E-state index is 0.472. The lowest BCUT2D eigenvalue weighted by Gasteiger charge is -2.15. The molecular weight excluding hydrogens is 210 g/mol. The van der Waals surface area contributed by atoms with Gasteiger partial charge in [0.05, 0.1) is 12.1 Å². The molecule has 0 aromatic heterocycles. The summed E-state index contributed by atoms with van der Waals surface area (Å²) in [6.07, 6.45) is 0. The van der Waals surface area contributed by atoms with Gasteiger partial charge in [0.25, 0.3) is 0 Å². The zero-order valence-electron chi connectivity index (χ0n) is 9.73. The number of hydrogen-bond donors (Lipinski definition) is 1. The summed E-state index contributed by atoms with van der Waals surface area (Å²) in [5.41, 5.74) is 2.52. The highest BCUT2D eigenvalue weighted by molar-refractivity contribution is 6.32. The van der Waals surface area contributed by atoms with Gasteiger partial charge in [-0.15, -0.1) is 0 Å². The maximum atomic E-state index is 6.09. The molecule has 1 N–H and O–H groups in total. The first-order valence-corrected chi connectivity index (χ1v) is 5.48. The molecule has 0 aliphatic rings. The lowest BCUT2D eigenvalue weighted by Crippen LogP contribution is -2.09. The van der Waals surface area contributed by atoms with E-state index < -0.39 is 0 Å². The molecular formula is C12H18ClNO. The molecule has 0 saturated carbocycles. The molecule has 0 unspecified atom stereocenters. The van der Waals surface area contributed by atoms with Gasteiger partial charge in [0.2, 0.25) is 0 Å². The van der Waals surface area contributed by atoms with Crippen LogP contribution in [0.5, 0.6) is 5.75 Å². The molecule has 0 spiro atoms. The van der Waals surface area contributed by atoms with E-state index in [4.69, 9.17) is 16.3 Å². The Morgan fingerprint density at radius 2 is 2.07 bits per heavy atom. The number of nitrogens with one attached hydrogen (secondary N) is 1. The van der Waals surface area contributed by atoms with Crippen LogP contribution in [0.1, 0.15) is 30.9 Å². The normalized spacial score (nSPS) is 10.8. The lowest BCUT2D eigenvalue weighted by atomic mass is 9.97. The van der Waals surface area contributed by atoms with E-state index in [0.717, 1.165) is 12.3 Å². The van der Waals surface area contributed by atoms with E-state index in [9.17, 15) is 0 Å². The van der Waals surface area contributed by atoms with E-state index in [1.807, 2.05) is 19.2 Å². The first-order chi connectivity index (χ1) is 7.10. The quantitative estimate of drug-likeness (QED) is 0.853. The molecule has 0 amide bonds. The summed E-state index contributed by atoms with van der Waals surface area (Å²) in [5.74, 6) is 1.22. The molecule has 1 aromatic carbocycles. The number of ether oxygens (including phenoxy) is 1. The van der Waals surface area contributed by atoms with E-state index in [1.54, 1.807) is 7.11 Å². The molecule has 0 atom stereocenters. The maximum Gasteiger partial charge on any atom is 0.137 e. The van der Waals surface area contributed by atoms with E-state index in [0.29, 0.717) is 10.9 Å². The van der Waals surface area contributed by atoms with Gasteiger partial charge in [-0.2, -0.15) is 0 Å². The van der Waals surface area contributed by atoms with Crippen molar-refractivity contribution in [1.82, 2.24) is 5.32 Å². The minimum Gasteiger partial charge on any atom is -0.495 e. The predicted octanol–water partition coefficient (Wildman–Crippen LogP) is 3.19. The van der Waals surface area contributed by atoms with Crippen molar-refractivity contribution >= 4 is 11.6 Å². The summed E-state index contributed by atoms with van der Waals surface area (Å²) in [4.78, 5) is 0. The topological polar surface area (TPSA) is 21.3 Å². The fourth-order valence-corrected chi connectivity index (χ4v) is 1.91. The molecule has 84 valence electrons. The third-order valence-electron chi connectivity index (χ3n) is 2.40. The lowest BCUT2D eigenvalue weighted by molar-refractivity contribution is 0.414. The van der Waals surface area contributed by atoms with Crippen LogP contribution in [0.3, 0.4) is 0 Å². The zero-order valence-corrected chi connectivity index (χ0v) is 10.5. The molecule has 1 aromatic rings. The third kappa shape index (κ3) is 2.86. The highest BCUT2D eigenvalue weighted by Gasteiger charge is 2.11. The fraction of sp³-hybridized carbons (Fsp3) is 0.500. The first-order valence-electron chi connectivity index (χ1n) is 5.11. The van der Waals surface area contributed by atoms with E-state index in [-0.39, 0.29) is 0 Å². The van der Waals surface area contributed by atoms with Gasteiger partial charge in [-0.1, -0.05) is 25.4 Å². The first kappa shape index (κ1) is 12.3. The van der Waals surface area contributed by atoms with Gasteiger partial charge in [0, 0.05) is 6.54 Å². The molecule has 2 nitrogen and oxygen atoms in total. The SMILES string of the molecule is CNCc1cc(Cl)c(OC)cc1C(C)C. The predicted molar refractivity (Wildman–Crippen MR) is 64.9 cm³/mol. The van der Waals surface area contributed by atoms with Crippen molar-refractivity contribution in [3.05, 3.63) is 28.3 Å². The minimum atomic E-state index is 0.472. The molecule has 0 saturated heterocycles. The van der Waals surface area contributed by atoms with Crippen LogP contribution in [0.4, 0.5) is 0 Å². The standard InChI is InChI=1S/C12H18ClNO/c1-8(2)10-6-12(15-4)11(13)5-9(10)7-14-3/h5-6,8,14H,7H2,1-4H3. The van der Waals surface area contributed by atoms with Crippen molar-refractivity contribution < 1.29 is 4.74 Å². The Morgan fingerprint density at radius 1 is 1.40 bits per heavy atom. The smallest absolute Gasteiger partial charge is 0.137 e. The molecule has 15 heavy (non-hydrogen) atoms. The second-order valence-electron chi connectivity index (χ2n) is 3.87. The van der Waals surface area contributed by atoms with Crippen LogP contribution in [0.2, 0.25) is 5.02 Å². The Bertz CT molecular complexity index is 337. The summed E-state index contributed by atoms with van der Waals surface area (Å²) in [5, 5.41) is 3.82. The zero-order chi connectivity index (χ0) is 11.4. The molecule has 1 rings (SSSR count). The molecule has 0 aliphatic heterocycles. The van der Waals surface area contributed by atoms with Crippen molar-refractivity contribution in [2.24, 2.45) is 0 Å². The molecule has 3 heteroatoms. The number of methoxy groups -OCH3 is 1. The van der Waals surface area contributed by atoms with Crippen molar-refractivity contribution in [2.45, 2.75) is 26.3 Å². The highest BCUT2D eigenvalue weighted by Crippen LogP contribution is 2.31. The van der Waals surface area contributed by atoms with E-state index in [1.165, 1.54) is 11.1 Å². The van der Waals surface area contributed by atoms with Crippen LogP contribution in [-0.4, -0.2) is 14.2 Å². The van der Waals surface area contributed by atoms with Crippen LogP contribution in [0.15, 0.2) is 12.1 Å². The summed E-state index contributed by atoms with van der Waals surface area (Å²) < 4.78 is 5.22. The monoisotopic (exact) mass is 227 g/mol. The van der Waals surface area contributed by atoms with Gasteiger partial charge < -0.3 is 10.1 Å². The van der Waals surface area contributed by atoms with Gasteiger partial charge in [0.15, 0.2) is 0 Å². The Hall–Kier alpha value is -0.730. The summed E-state index contributed by atoms with van der Waals surface area (Å²) in [7, 11) is 3.57. The Morgan fingerprint density at radius 3 is 2.53 bits per heavy atom. The molecule has 0 bridgehead atoms. The Labute approximate surface area is 96.6 Å². The van der Waals surface area contributed by atoms with Gasteiger partial charge in [-0.3, -0.25) is 0 Å². The highest BCUT2D eigenvalue weighted by atomic mass is 35.5. The summed E-state index contributed by atoms with van der Waals surface area (Å²) >= 11 is 6.09. The van der Waals surface area contributed by atoms with E-state index >= 15 is 0 Å². The third-order valence-corrected chi connectivity index (χ3v) is 2.70. The maximum absolute atomic E-state index is 6.09. The Kier molecular flexibility index (Phi) is 4.43. The fourth-order valence-electron chi connectivity index (χ4n) is 1.65. The average Bonchev–Trinajstić information content (AvgIpc) is 2.18. The van der Waals surface area contributed by atoms with Crippen LogP contribution >= 0.6 is 11.6 Å².